The Morgan fingerprint density at radius 3 is 2.39 bits per heavy atom. The molecule has 0 saturated carbocycles. The number of piperidine rings is 1. The van der Waals surface area contributed by atoms with Crippen molar-refractivity contribution in [2.45, 2.75) is 46.1 Å². The van der Waals surface area contributed by atoms with E-state index >= 15 is 0 Å². The van der Waals surface area contributed by atoms with Crippen molar-refractivity contribution in [2.24, 2.45) is 11.8 Å². The van der Waals surface area contributed by atoms with Crippen LogP contribution in [0.5, 0.6) is 0 Å². The van der Waals surface area contributed by atoms with Crippen LogP contribution in [-0.4, -0.2) is 43.6 Å². The minimum Gasteiger partial charge on any atom is -0.396 e. The zero-order valence-electron chi connectivity index (χ0n) is 11.6. The van der Waals surface area contributed by atoms with Crippen LogP contribution >= 0.6 is 0 Å². The minimum absolute atomic E-state index is 0.101. The van der Waals surface area contributed by atoms with Gasteiger partial charge >= 0.3 is 0 Å². The molecule has 1 fully saturated rings. The zero-order valence-corrected chi connectivity index (χ0v) is 12.4. The first-order valence-electron chi connectivity index (χ1n) is 6.73. The number of aliphatic hydroxyl groups is 1. The Bertz CT molecular complexity index is 335. The largest absolute Gasteiger partial charge is 0.396 e. The molecule has 3 atom stereocenters. The summed E-state index contributed by atoms with van der Waals surface area (Å²) in [5.74, 6) is 0.830. The van der Waals surface area contributed by atoms with E-state index in [1.54, 1.807) is 4.31 Å². The molecule has 3 unspecified atom stereocenters. The molecule has 2 N–H and O–H groups in total. The quantitative estimate of drug-likeness (QED) is 0.760. The Morgan fingerprint density at radius 2 is 1.89 bits per heavy atom. The van der Waals surface area contributed by atoms with Gasteiger partial charge in [-0.25, -0.2) is 0 Å². The molecule has 0 aromatic heterocycles. The van der Waals surface area contributed by atoms with Crippen LogP contribution < -0.4 is 4.72 Å². The molecule has 1 saturated heterocycles. The highest BCUT2D eigenvalue weighted by molar-refractivity contribution is 7.87. The van der Waals surface area contributed by atoms with E-state index in [2.05, 4.69) is 18.6 Å². The van der Waals surface area contributed by atoms with Gasteiger partial charge in [-0.1, -0.05) is 13.8 Å². The van der Waals surface area contributed by atoms with Gasteiger partial charge in [0.2, 0.25) is 0 Å². The lowest BCUT2D eigenvalue weighted by Crippen LogP contribution is -2.49. The molecule has 1 rings (SSSR count). The molecule has 0 aromatic carbocycles. The Balaban J connectivity index is 2.57. The Kier molecular flexibility index (Phi) is 6.04. The number of aliphatic hydroxyl groups excluding tert-OH is 1. The predicted octanol–water partition coefficient (Wildman–Crippen LogP) is 0.960. The SMILES string of the molecule is CC1CC(C)CN(S(=O)(=O)NC(C)CCCO)C1. The fourth-order valence-corrected chi connectivity index (χ4v) is 4.26. The number of hydrogen-bond acceptors (Lipinski definition) is 3. The second-order valence-corrected chi connectivity index (χ2v) is 7.36. The van der Waals surface area contributed by atoms with E-state index in [-0.39, 0.29) is 12.6 Å². The van der Waals surface area contributed by atoms with Gasteiger partial charge in [-0.15, -0.1) is 0 Å². The van der Waals surface area contributed by atoms with Gasteiger partial charge in [0, 0.05) is 25.7 Å². The molecule has 1 aliphatic heterocycles. The van der Waals surface area contributed by atoms with Crippen molar-refractivity contribution in [3.8, 4) is 0 Å². The lowest BCUT2D eigenvalue weighted by molar-refractivity contribution is 0.219. The van der Waals surface area contributed by atoms with Gasteiger partial charge in [-0.2, -0.15) is 17.4 Å². The van der Waals surface area contributed by atoms with Gasteiger partial charge in [0.15, 0.2) is 0 Å². The van der Waals surface area contributed by atoms with Crippen LogP contribution in [0.1, 0.15) is 40.0 Å². The summed E-state index contributed by atoms with van der Waals surface area (Å²) < 4.78 is 28.7. The molecule has 0 amide bonds. The van der Waals surface area contributed by atoms with Gasteiger partial charge in [0.25, 0.3) is 10.2 Å². The normalized spacial score (nSPS) is 28.2. The van der Waals surface area contributed by atoms with E-state index in [9.17, 15) is 8.42 Å². The first-order valence-corrected chi connectivity index (χ1v) is 8.17. The third kappa shape index (κ3) is 4.84. The van der Waals surface area contributed by atoms with Crippen molar-refractivity contribution in [2.75, 3.05) is 19.7 Å². The van der Waals surface area contributed by atoms with Crippen LogP contribution in [0.3, 0.4) is 0 Å². The van der Waals surface area contributed by atoms with E-state index in [4.69, 9.17) is 5.11 Å². The van der Waals surface area contributed by atoms with Gasteiger partial charge in [-0.05, 0) is 38.0 Å². The zero-order chi connectivity index (χ0) is 13.8. The van der Waals surface area contributed by atoms with Crippen molar-refractivity contribution in [1.29, 1.82) is 0 Å². The van der Waals surface area contributed by atoms with Gasteiger partial charge < -0.3 is 5.11 Å². The van der Waals surface area contributed by atoms with Crippen LogP contribution in [0, 0.1) is 11.8 Å². The molecule has 6 heteroatoms. The molecule has 0 aliphatic carbocycles. The van der Waals surface area contributed by atoms with Crippen LogP contribution in [-0.2, 0) is 10.2 Å². The molecule has 18 heavy (non-hydrogen) atoms. The second-order valence-electron chi connectivity index (χ2n) is 5.65. The Morgan fingerprint density at radius 1 is 1.33 bits per heavy atom. The van der Waals surface area contributed by atoms with E-state index in [0.29, 0.717) is 37.8 Å². The number of nitrogens with one attached hydrogen (secondary N) is 1. The highest BCUT2D eigenvalue weighted by Gasteiger charge is 2.30. The average Bonchev–Trinajstić information content (AvgIpc) is 2.24. The van der Waals surface area contributed by atoms with E-state index < -0.39 is 10.2 Å². The monoisotopic (exact) mass is 278 g/mol. The fraction of sp³-hybridized carbons (Fsp3) is 1.00. The number of nitrogens with zero attached hydrogens (tertiary/aromatic N) is 1. The van der Waals surface area contributed by atoms with Gasteiger partial charge in [0.1, 0.15) is 0 Å². The van der Waals surface area contributed by atoms with Crippen LogP contribution in [0.25, 0.3) is 0 Å². The highest BCUT2D eigenvalue weighted by atomic mass is 32.2. The minimum atomic E-state index is -3.38. The topological polar surface area (TPSA) is 69.6 Å². The van der Waals surface area contributed by atoms with E-state index in [1.807, 2.05) is 6.92 Å². The molecule has 0 spiro atoms. The van der Waals surface area contributed by atoms with Crippen molar-refractivity contribution < 1.29 is 13.5 Å². The molecule has 5 nitrogen and oxygen atoms in total. The van der Waals surface area contributed by atoms with Crippen LogP contribution in [0.4, 0.5) is 0 Å². The maximum atomic E-state index is 12.2. The van der Waals surface area contributed by atoms with Gasteiger partial charge in [-0.3, -0.25) is 0 Å². The first kappa shape index (κ1) is 15.9. The van der Waals surface area contributed by atoms with Crippen molar-refractivity contribution in [3.63, 3.8) is 0 Å². The lowest BCUT2D eigenvalue weighted by Gasteiger charge is -2.34. The molecule has 1 heterocycles. The predicted molar refractivity (Wildman–Crippen MR) is 72.4 cm³/mol. The van der Waals surface area contributed by atoms with Gasteiger partial charge in [0.05, 0.1) is 0 Å². The van der Waals surface area contributed by atoms with Crippen molar-refractivity contribution in [1.82, 2.24) is 9.03 Å². The Hall–Kier alpha value is -0.170. The maximum Gasteiger partial charge on any atom is 0.279 e. The summed E-state index contributed by atoms with van der Waals surface area (Å²) in [7, 11) is -3.38. The van der Waals surface area contributed by atoms with Crippen molar-refractivity contribution in [3.05, 3.63) is 0 Å². The highest BCUT2D eigenvalue weighted by Crippen LogP contribution is 2.22. The maximum absolute atomic E-state index is 12.2. The first-order chi connectivity index (χ1) is 8.35. The molecular formula is C12H26N2O3S. The molecule has 0 bridgehead atoms. The standard InChI is InChI=1S/C12H26N2O3S/c1-10-7-11(2)9-14(8-10)18(16,17)13-12(3)5-4-6-15/h10-13,15H,4-9H2,1-3H3. The summed E-state index contributed by atoms with van der Waals surface area (Å²) in [6.45, 7) is 7.33. The van der Waals surface area contributed by atoms with Crippen molar-refractivity contribution >= 4 is 10.2 Å². The Labute approximate surface area is 111 Å². The third-order valence-corrected chi connectivity index (χ3v) is 5.00. The number of hydrogen-bond donors (Lipinski definition) is 2. The van der Waals surface area contributed by atoms with Crippen LogP contribution in [0.2, 0.25) is 0 Å². The fourth-order valence-electron chi connectivity index (χ4n) is 2.59. The summed E-state index contributed by atoms with van der Waals surface area (Å²) in [6, 6.07) is -0.130. The molecular weight excluding hydrogens is 252 g/mol. The summed E-state index contributed by atoms with van der Waals surface area (Å²) in [5.41, 5.74) is 0. The second kappa shape index (κ2) is 6.84. The average molecular weight is 278 g/mol. The summed E-state index contributed by atoms with van der Waals surface area (Å²) in [6.07, 6.45) is 2.37. The summed E-state index contributed by atoms with van der Waals surface area (Å²) >= 11 is 0. The van der Waals surface area contributed by atoms with E-state index in [1.165, 1.54) is 0 Å². The molecule has 108 valence electrons. The summed E-state index contributed by atoms with van der Waals surface area (Å²) in [4.78, 5) is 0. The van der Waals surface area contributed by atoms with Crippen LogP contribution in [0.15, 0.2) is 0 Å². The molecule has 0 aromatic rings. The summed E-state index contributed by atoms with van der Waals surface area (Å²) in [5, 5.41) is 8.74. The molecule has 0 radical (unpaired) electrons. The molecule has 1 aliphatic rings. The smallest absolute Gasteiger partial charge is 0.279 e. The number of rotatable bonds is 6. The lowest BCUT2D eigenvalue weighted by atomic mass is 9.94. The third-order valence-electron chi connectivity index (χ3n) is 3.32. The van der Waals surface area contributed by atoms with E-state index in [0.717, 1.165) is 6.42 Å².